The fourth-order valence-corrected chi connectivity index (χ4v) is 3.68. The minimum absolute atomic E-state index is 0.0348. The Bertz CT molecular complexity index is 890. The zero-order valence-electron chi connectivity index (χ0n) is 13.9. The maximum Gasteiger partial charge on any atom is 0.312 e. The van der Waals surface area contributed by atoms with Gasteiger partial charge in [-0.1, -0.05) is 6.07 Å². The highest BCUT2D eigenvalue weighted by molar-refractivity contribution is 7.14. The van der Waals surface area contributed by atoms with Gasteiger partial charge < -0.3 is 14.8 Å². The lowest BCUT2D eigenvalue weighted by atomic mass is 10.3. The van der Waals surface area contributed by atoms with Crippen LogP contribution in [0.3, 0.4) is 0 Å². The molecule has 0 unspecified atom stereocenters. The van der Waals surface area contributed by atoms with Crippen molar-refractivity contribution in [2.75, 3.05) is 19.0 Å². The minimum atomic E-state index is -0.493. The van der Waals surface area contributed by atoms with Gasteiger partial charge in [-0.2, -0.15) is 11.3 Å². The van der Waals surface area contributed by atoms with Crippen LogP contribution in [0, 0.1) is 0 Å². The van der Waals surface area contributed by atoms with E-state index in [0.717, 1.165) is 10.6 Å². The lowest BCUT2D eigenvalue weighted by molar-refractivity contribution is -0.146. The lowest BCUT2D eigenvalue weighted by Crippen LogP contribution is -2.21. The second-order valence-corrected chi connectivity index (χ2v) is 6.91. The van der Waals surface area contributed by atoms with Crippen LogP contribution >= 0.6 is 22.7 Å². The van der Waals surface area contributed by atoms with Crippen molar-refractivity contribution in [1.82, 2.24) is 4.98 Å². The molecule has 0 fully saturated rings. The van der Waals surface area contributed by atoms with Gasteiger partial charge in [0.15, 0.2) is 6.61 Å². The summed E-state index contributed by atoms with van der Waals surface area (Å²) in [6.07, 6.45) is 0.0348. The number of hydrogen-bond donors (Lipinski definition) is 1. The summed E-state index contributed by atoms with van der Waals surface area (Å²) < 4.78 is 10.1. The standard InChI is InChI=1S/C18H16N2O4S2/c1-23-15-4-2-3-13(7-15)19-16(21)9-24-17(22)8-14-11-26-18(20-14)12-5-6-25-10-12/h2-7,10-11H,8-9H2,1H3,(H,19,21). The van der Waals surface area contributed by atoms with Gasteiger partial charge in [0.05, 0.1) is 19.2 Å². The quantitative estimate of drug-likeness (QED) is 0.626. The number of hydrogen-bond acceptors (Lipinski definition) is 7. The van der Waals surface area contributed by atoms with E-state index in [4.69, 9.17) is 9.47 Å². The van der Waals surface area contributed by atoms with Gasteiger partial charge in [-0.05, 0) is 23.6 Å². The van der Waals surface area contributed by atoms with Crippen LogP contribution in [0.5, 0.6) is 5.75 Å². The van der Waals surface area contributed by atoms with Gasteiger partial charge in [0.1, 0.15) is 10.8 Å². The molecule has 2 aromatic heterocycles. The third-order valence-corrected chi connectivity index (χ3v) is 4.99. The second-order valence-electron chi connectivity index (χ2n) is 5.27. The van der Waals surface area contributed by atoms with Gasteiger partial charge in [-0.3, -0.25) is 9.59 Å². The minimum Gasteiger partial charge on any atom is -0.497 e. The molecule has 1 amide bonds. The highest BCUT2D eigenvalue weighted by atomic mass is 32.1. The molecule has 0 aliphatic heterocycles. The summed E-state index contributed by atoms with van der Waals surface area (Å²) in [5.74, 6) is -0.276. The van der Waals surface area contributed by atoms with E-state index in [0.29, 0.717) is 17.1 Å². The van der Waals surface area contributed by atoms with Crippen LogP contribution in [-0.2, 0) is 20.7 Å². The van der Waals surface area contributed by atoms with Crippen LogP contribution in [0.2, 0.25) is 0 Å². The second kappa shape index (κ2) is 8.59. The van der Waals surface area contributed by atoms with Crippen molar-refractivity contribution in [3.8, 4) is 16.3 Å². The number of thiazole rings is 1. The van der Waals surface area contributed by atoms with Crippen LogP contribution in [-0.4, -0.2) is 30.6 Å². The van der Waals surface area contributed by atoms with Gasteiger partial charge >= 0.3 is 5.97 Å². The maximum absolute atomic E-state index is 11.9. The number of anilines is 1. The summed E-state index contributed by atoms with van der Waals surface area (Å²) >= 11 is 3.07. The van der Waals surface area contributed by atoms with E-state index in [1.54, 1.807) is 42.7 Å². The molecule has 0 aliphatic rings. The van der Waals surface area contributed by atoms with E-state index < -0.39 is 11.9 Å². The molecule has 1 N–H and O–H groups in total. The number of carbonyl (C=O) groups excluding carboxylic acids is 2. The van der Waals surface area contributed by atoms with Gasteiger partial charge in [0.25, 0.3) is 5.91 Å². The Labute approximate surface area is 158 Å². The maximum atomic E-state index is 11.9. The number of amides is 1. The smallest absolute Gasteiger partial charge is 0.312 e. The molecular formula is C18H16N2O4S2. The highest BCUT2D eigenvalue weighted by Crippen LogP contribution is 2.25. The molecule has 1 aromatic carbocycles. The van der Waals surface area contributed by atoms with Crippen molar-refractivity contribution in [2.45, 2.75) is 6.42 Å². The van der Waals surface area contributed by atoms with E-state index in [2.05, 4.69) is 10.3 Å². The van der Waals surface area contributed by atoms with Crippen molar-refractivity contribution < 1.29 is 19.1 Å². The predicted octanol–water partition coefficient (Wildman–Crippen LogP) is 3.60. The molecule has 0 saturated heterocycles. The number of nitrogens with one attached hydrogen (secondary N) is 1. The van der Waals surface area contributed by atoms with Crippen molar-refractivity contribution >= 4 is 40.2 Å². The van der Waals surface area contributed by atoms with Gasteiger partial charge in [-0.15, -0.1) is 11.3 Å². The highest BCUT2D eigenvalue weighted by Gasteiger charge is 2.12. The number of benzene rings is 1. The zero-order valence-corrected chi connectivity index (χ0v) is 15.6. The molecule has 0 spiro atoms. The Morgan fingerprint density at radius 1 is 1.23 bits per heavy atom. The third kappa shape index (κ3) is 4.90. The lowest BCUT2D eigenvalue weighted by Gasteiger charge is -2.07. The van der Waals surface area contributed by atoms with Crippen molar-refractivity contribution in [1.29, 1.82) is 0 Å². The molecule has 2 heterocycles. The number of methoxy groups -OCH3 is 1. The Kier molecular flexibility index (Phi) is 5.98. The van der Waals surface area contributed by atoms with Crippen LogP contribution in [0.1, 0.15) is 5.69 Å². The van der Waals surface area contributed by atoms with Crippen LogP contribution in [0.25, 0.3) is 10.6 Å². The Balaban J connectivity index is 1.47. The summed E-state index contributed by atoms with van der Waals surface area (Å²) in [5.41, 5.74) is 2.25. The van der Waals surface area contributed by atoms with E-state index in [1.165, 1.54) is 11.3 Å². The van der Waals surface area contributed by atoms with Crippen LogP contribution in [0.4, 0.5) is 5.69 Å². The zero-order chi connectivity index (χ0) is 18.4. The average molecular weight is 388 g/mol. The number of ether oxygens (including phenoxy) is 2. The largest absolute Gasteiger partial charge is 0.497 e. The van der Waals surface area contributed by atoms with E-state index in [-0.39, 0.29) is 13.0 Å². The van der Waals surface area contributed by atoms with Crippen molar-refractivity contribution in [3.05, 3.63) is 52.2 Å². The van der Waals surface area contributed by atoms with E-state index in [1.807, 2.05) is 22.2 Å². The number of thiophene rings is 1. The summed E-state index contributed by atoms with van der Waals surface area (Å²) in [7, 11) is 1.55. The summed E-state index contributed by atoms with van der Waals surface area (Å²) in [5, 5.41) is 9.32. The first kappa shape index (κ1) is 18.1. The molecule has 3 rings (SSSR count). The normalized spacial score (nSPS) is 10.3. The molecule has 6 nitrogen and oxygen atoms in total. The first-order chi connectivity index (χ1) is 12.6. The molecular weight excluding hydrogens is 372 g/mol. The fourth-order valence-electron chi connectivity index (χ4n) is 2.15. The van der Waals surface area contributed by atoms with Gasteiger partial charge in [0, 0.05) is 28.1 Å². The molecule has 3 aromatic rings. The Morgan fingerprint density at radius 2 is 2.12 bits per heavy atom. The number of esters is 1. The van der Waals surface area contributed by atoms with E-state index in [9.17, 15) is 9.59 Å². The first-order valence-corrected chi connectivity index (χ1v) is 9.53. The first-order valence-electron chi connectivity index (χ1n) is 7.70. The number of nitrogens with zero attached hydrogens (tertiary/aromatic N) is 1. The molecule has 0 saturated carbocycles. The molecule has 0 aliphatic carbocycles. The molecule has 8 heteroatoms. The summed E-state index contributed by atoms with van der Waals surface area (Å²) in [6, 6.07) is 8.92. The monoisotopic (exact) mass is 388 g/mol. The van der Waals surface area contributed by atoms with Crippen molar-refractivity contribution in [2.24, 2.45) is 0 Å². The Hall–Kier alpha value is -2.71. The molecule has 0 radical (unpaired) electrons. The summed E-state index contributed by atoms with van der Waals surface area (Å²) in [4.78, 5) is 28.2. The van der Waals surface area contributed by atoms with Gasteiger partial charge in [0.2, 0.25) is 0 Å². The third-order valence-electron chi connectivity index (χ3n) is 3.36. The molecule has 0 bridgehead atoms. The van der Waals surface area contributed by atoms with Crippen LogP contribution < -0.4 is 10.1 Å². The van der Waals surface area contributed by atoms with E-state index >= 15 is 0 Å². The molecule has 134 valence electrons. The molecule has 0 atom stereocenters. The average Bonchev–Trinajstić information content (AvgIpc) is 3.31. The predicted molar refractivity (Wildman–Crippen MR) is 102 cm³/mol. The summed E-state index contributed by atoms with van der Waals surface area (Å²) in [6.45, 7) is -0.350. The SMILES string of the molecule is COc1cccc(NC(=O)COC(=O)Cc2csc(-c3ccsc3)n2)c1. The van der Waals surface area contributed by atoms with Gasteiger partial charge in [-0.25, -0.2) is 4.98 Å². The number of aromatic nitrogens is 1. The molecule has 26 heavy (non-hydrogen) atoms. The van der Waals surface area contributed by atoms with Crippen molar-refractivity contribution in [3.63, 3.8) is 0 Å². The Morgan fingerprint density at radius 3 is 2.88 bits per heavy atom. The van der Waals surface area contributed by atoms with Crippen LogP contribution in [0.15, 0.2) is 46.5 Å². The fraction of sp³-hybridized carbons (Fsp3) is 0.167. The number of carbonyl (C=O) groups is 2. The topological polar surface area (TPSA) is 77.5 Å². The number of rotatable bonds is 7.